The maximum atomic E-state index is 10.2. The van der Waals surface area contributed by atoms with Gasteiger partial charge in [-0.05, 0) is 17.7 Å². The topological polar surface area (TPSA) is 23.5 Å². The van der Waals surface area contributed by atoms with Gasteiger partial charge in [0.25, 0.3) is 0 Å². The minimum Gasteiger partial charge on any atom is -0.287 e. The smallest absolute Gasteiger partial charge is 0.127 e. The summed E-state index contributed by atoms with van der Waals surface area (Å²) in [5.41, 5.74) is 1.86. The van der Waals surface area contributed by atoms with E-state index in [-0.39, 0.29) is 9.78 Å². The number of para-hydroxylation sites is 1. The minimum absolute atomic E-state index is 0.0103. The highest BCUT2D eigenvalue weighted by molar-refractivity contribution is 9.12. The van der Waals surface area contributed by atoms with Gasteiger partial charge >= 0.3 is 0 Å². The van der Waals surface area contributed by atoms with Crippen LogP contribution in [0.3, 0.4) is 0 Å². The van der Waals surface area contributed by atoms with E-state index in [1.165, 1.54) is 5.06 Å². The number of hydrogen-bond donors (Lipinski definition) is 1. The summed E-state index contributed by atoms with van der Waals surface area (Å²) in [5.74, 6) is 0. The molecule has 0 spiro atoms. The second kappa shape index (κ2) is 6.36. The van der Waals surface area contributed by atoms with E-state index in [1.54, 1.807) is 0 Å². The van der Waals surface area contributed by atoms with E-state index in [4.69, 9.17) is 0 Å². The highest BCUT2D eigenvalue weighted by Gasteiger charge is 2.23. The average molecular weight is 371 g/mol. The standard InChI is InChI=1S/C14H13Br2NO/c15-13(11-7-3-1-4-8-11)14(16)17(18)12-9-5-2-6-10-12/h1-10,13-14,18H/t13-,14+/m0/s1. The van der Waals surface area contributed by atoms with E-state index in [1.807, 2.05) is 60.7 Å². The van der Waals surface area contributed by atoms with Crippen LogP contribution < -0.4 is 5.06 Å². The van der Waals surface area contributed by atoms with Gasteiger partial charge in [-0.15, -0.1) is 0 Å². The molecule has 0 unspecified atom stereocenters. The zero-order valence-electron chi connectivity index (χ0n) is 9.58. The monoisotopic (exact) mass is 369 g/mol. The predicted molar refractivity (Wildman–Crippen MR) is 81.5 cm³/mol. The third-order valence-corrected chi connectivity index (χ3v) is 5.27. The van der Waals surface area contributed by atoms with Gasteiger partial charge in [0.15, 0.2) is 0 Å². The molecule has 18 heavy (non-hydrogen) atoms. The van der Waals surface area contributed by atoms with E-state index in [0.29, 0.717) is 0 Å². The lowest BCUT2D eigenvalue weighted by atomic mass is 10.1. The van der Waals surface area contributed by atoms with E-state index >= 15 is 0 Å². The number of alkyl halides is 2. The van der Waals surface area contributed by atoms with Crippen molar-refractivity contribution in [1.29, 1.82) is 0 Å². The first-order chi connectivity index (χ1) is 8.70. The molecule has 0 aliphatic heterocycles. The van der Waals surface area contributed by atoms with E-state index in [2.05, 4.69) is 31.9 Å². The van der Waals surface area contributed by atoms with Crippen LogP contribution in [0, 0.1) is 0 Å². The maximum Gasteiger partial charge on any atom is 0.127 e. The van der Waals surface area contributed by atoms with Crippen molar-refractivity contribution in [2.45, 2.75) is 9.78 Å². The fraction of sp³-hybridized carbons (Fsp3) is 0.143. The van der Waals surface area contributed by atoms with Crippen LogP contribution in [0.2, 0.25) is 0 Å². The Bertz CT molecular complexity index is 432. The maximum absolute atomic E-state index is 10.2. The number of anilines is 1. The summed E-state index contributed by atoms with van der Waals surface area (Å²) in [6.07, 6.45) is 0. The fourth-order valence-corrected chi connectivity index (χ4v) is 2.71. The predicted octanol–water partition coefficient (Wildman–Crippen LogP) is 4.74. The van der Waals surface area contributed by atoms with Crippen molar-refractivity contribution in [3.8, 4) is 0 Å². The fourth-order valence-electron chi connectivity index (χ4n) is 1.64. The summed E-state index contributed by atoms with van der Waals surface area (Å²) >= 11 is 7.11. The summed E-state index contributed by atoms with van der Waals surface area (Å²) in [6, 6.07) is 19.4. The Balaban J connectivity index is 2.14. The molecule has 0 aliphatic rings. The van der Waals surface area contributed by atoms with Gasteiger partial charge in [0.2, 0.25) is 0 Å². The molecule has 2 rings (SSSR count). The molecule has 4 heteroatoms. The molecule has 0 fully saturated rings. The van der Waals surface area contributed by atoms with E-state index in [9.17, 15) is 5.21 Å². The molecule has 2 aromatic rings. The van der Waals surface area contributed by atoms with Crippen molar-refractivity contribution in [1.82, 2.24) is 0 Å². The van der Waals surface area contributed by atoms with Crippen molar-refractivity contribution in [2.24, 2.45) is 0 Å². The number of rotatable bonds is 4. The second-order valence-electron chi connectivity index (χ2n) is 3.87. The molecule has 0 aromatic heterocycles. The summed E-state index contributed by atoms with van der Waals surface area (Å²) in [4.78, 5) is -0.258. The first kappa shape index (κ1) is 13.6. The van der Waals surface area contributed by atoms with E-state index in [0.717, 1.165) is 11.3 Å². The summed E-state index contributed by atoms with van der Waals surface area (Å²) < 4.78 is 0. The van der Waals surface area contributed by atoms with Crippen LogP contribution in [0.4, 0.5) is 5.69 Å². The first-order valence-electron chi connectivity index (χ1n) is 5.56. The van der Waals surface area contributed by atoms with Crippen molar-refractivity contribution < 1.29 is 5.21 Å². The zero-order valence-corrected chi connectivity index (χ0v) is 12.8. The molecule has 1 N–H and O–H groups in total. The number of benzene rings is 2. The van der Waals surface area contributed by atoms with Gasteiger partial charge in [0.1, 0.15) is 4.95 Å². The van der Waals surface area contributed by atoms with Gasteiger partial charge in [-0.1, -0.05) is 80.4 Å². The molecule has 0 amide bonds. The molecule has 2 atom stereocenters. The number of nitrogens with zero attached hydrogens (tertiary/aromatic N) is 1. The normalized spacial score (nSPS) is 13.9. The molecule has 94 valence electrons. The largest absolute Gasteiger partial charge is 0.287 e. The van der Waals surface area contributed by atoms with Crippen LogP contribution in [0.25, 0.3) is 0 Å². The molecule has 0 bridgehead atoms. The van der Waals surface area contributed by atoms with Gasteiger partial charge in [0.05, 0.1) is 10.5 Å². The van der Waals surface area contributed by atoms with Crippen LogP contribution in [-0.2, 0) is 0 Å². The van der Waals surface area contributed by atoms with Gasteiger partial charge < -0.3 is 0 Å². The van der Waals surface area contributed by atoms with Crippen molar-refractivity contribution in [3.63, 3.8) is 0 Å². The Morgan fingerprint density at radius 1 is 0.833 bits per heavy atom. The first-order valence-corrected chi connectivity index (χ1v) is 7.39. The number of hydroxylamine groups is 1. The Morgan fingerprint density at radius 3 is 1.89 bits per heavy atom. The molecule has 0 saturated carbocycles. The van der Waals surface area contributed by atoms with Crippen molar-refractivity contribution in [2.75, 3.05) is 5.06 Å². The van der Waals surface area contributed by atoms with Gasteiger partial charge in [-0.2, -0.15) is 0 Å². The van der Waals surface area contributed by atoms with Crippen LogP contribution in [-0.4, -0.2) is 10.2 Å². The quantitative estimate of drug-likeness (QED) is 0.477. The molecule has 0 heterocycles. The highest BCUT2D eigenvalue weighted by atomic mass is 79.9. The van der Waals surface area contributed by atoms with Crippen LogP contribution in [0.15, 0.2) is 60.7 Å². The molecule has 2 nitrogen and oxygen atoms in total. The second-order valence-corrected chi connectivity index (χ2v) is 5.79. The van der Waals surface area contributed by atoms with Crippen LogP contribution in [0.5, 0.6) is 0 Å². The number of halogens is 2. The van der Waals surface area contributed by atoms with Gasteiger partial charge in [-0.3, -0.25) is 5.21 Å². The minimum atomic E-state index is -0.248. The Kier molecular flexibility index (Phi) is 4.80. The van der Waals surface area contributed by atoms with Gasteiger partial charge in [-0.25, -0.2) is 5.06 Å². The SMILES string of the molecule is ON(c1ccccc1)[C@@H](Br)[C@@H](Br)c1ccccc1. The summed E-state index contributed by atoms with van der Waals surface area (Å²) in [6.45, 7) is 0. The van der Waals surface area contributed by atoms with Crippen molar-refractivity contribution in [3.05, 3.63) is 66.2 Å². The molecule has 0 aliphatic carbocycles. The van der Waals surface area contributed by atoms with Gasteiger partial charge in [0, 0.05) is 0 Å². The number of hydrogen-bond acceptors (Lipinski definition) is 2. The Labute approximate surface area is 123 Å². The molecular weight excluding hydrogens is 358 g/mol. The lowest BCUT2D eigenvalue weighted by molar-refractivity contribution is 0.246. The van der Waals surface area contributed by atoms with Crippen LogP contribution in [0.1, 0.15) is 10.4 Å². The molecule has 0 saturated heterocycles. The third-order valence-electron chi connectivity index (χ3n) is 2.61. The molecular formula is C14H13Br2NO. The molecule has 2 aromatic carbocycles. The lowest BCUT2D eigenvalue weighted by Gasteiger charge is -2.27. The molecule has 0 radical (unpaired) electrons. The Morgan fingerprint density at radius 2 is 1.33 bits per heavy atom. The van der Waals surface area contributed by atoms with Crippen LogP contribution >= 0.6 is 31.9 Å². The zero-order chi connectivity index (χ0) is 13.0. The average Bonchev–Trinajstić information content (AvgIpc) is 2.47. The van der Waals surface area contributed by atoms with E-state index < -0.39 is 0 Å². The highest BCUT2D eigenvalue weighted by Crippen LogP contribution is 2.34. The van der Waals surface area contributed by atoms with Crippen molar-refractivity contribution >= 4 is 37.5 Å². The summed E-state index contributed by atoms with van der Waals surface area (Å²) in [5, 5.41) is 11.4. The lowest BCUT2D eigenvalue weighted by Crippen LogP contribution is -2.30. The summed E-state index contributed by atoms with van der Waals surface area (Å²) in [7, 11) is 0. The third kappa shape index (κ3) is 3.13. The Hall–Kier alpha value is -0.840.